The zero-order valence-electron chi connectivity index (χ0n) is 13.1. The molecule has 0 fully saturated rings. The molecule has 0 atom stereocenters. The zero-order valence-corrected chi connectivity index (χ0v) is 13.9. The second-order valence-electron chi connectivity index (χ2n) is 5.25. The molecule has 0 spiro atoms. The molecular formula is C18H18F2O2S. The first kappa shape index (κ1) is 16.0. The Labute approximate surface area is 137 Å². The minimum absolute atomic E-state index is 0.200. The first-order valence-electron chi connectivity index (χ1n) is 7.76. The lowest BCUT2D eigenvalue weighted by atomic mass is 10.1. The summed E-state index contributed by atoms with van der Waals surface area (Å²) < 4.78 is 40.7. The monoisotopic (exact) mass is 336 g/mol. The van der Waals surface area contributed by atoms with Crippen LogP contribution in [0, 0.1) is 11.6 Å². The average Bonchev–Trinajstić information content (AvgIpc) is 2.93. The van der Waals surface area contributed by atoms with Gasteiger partial charge in [0, 0.05) is 10.8 Å². The van der Waals surface area contributed by atoms with Gasteiger partial charge in [-0.2, -0.15) is 0 Å². The number of unbranched alkanes of at least 4 members (excludes halogenated alkanes) is 1. The second kappa shape index (κ2) is 6.71. The molecule has 1 heterocycles. The van der Waals surface area contributed by atoms with Gasteiger partial charge in [0.1, 0.15) is 0 Å². The van der Waals surface area contributed by atoms with Gasteiger partial charge < -0.3 is 9.47 Å². The second-order valence-corrected chi connectivity index (χ2v) is 6.27. The first-order chi connectivity index (χ1) is 11.2. The third-order valence-corrected chi connectivity index (χ3v) is 4.88. The van der Waals surface area contributed by atoms with Gasteiger partial charge in [0.05, 0.1) is 22.6 Å². The summed E-state index contributed by atoms with van der Waals surface area (Å²) in [5, 5.41) is 1.40. The van der Waals surface area contributed by atoms with E-state index in [1.54, 1.807) is 31.2 Å². The molecule has 0 amide bonds. The molecule has 23 heavy (non-hydrogen) atoms. The molecule has 0 unspecified atom stereocenters. The fraction of sp³-hybridized carbons (Fsp3) is 0.333. The van der Waals surface area contributed by atoms with Crippen LogP contribution in [0.3, 0.4) is 0 Å². The van der Waals surface area contributed by atoms with E-state index in [1.807, 2.05) is 6.92 Å². The Balaban J connectivity index is 2.11. The van der Waals surface area contributed by atoms with Crippen molar-refractivity contribution < 1.29 is 18.3 Å². The summed E-state index contributed by atoms with van der Waals surface area (Å²) >= 11 is 1.10. The SMILES string of the molecule is CCCCOc1ccc2c(sc3c(F)c(OCC)ccc32)c1F. The van der Waals surface area contributed by atoms with Gasteiger partial charge in [-0.25, -0.2) is 8.78 Å². The Morgan fingerprint density at radius 1 is 0.870 bits per heavy atom. The third kappa shape index (κ3) is 2.85. The van der Waals surface area contributed by atoms with Crippen LogP contribution in [0.5, 0.6) is 11.5 Å². The van der Waals surface area contributed by atoms with Crippen molar-refractivity contribution >= 4 is 31.5 Å². The molecule has 2 aromatic carbocycles. The minimum Gasteiger partial charge on any atom is -0.491 e. The fourth-order valence-corrected chi connectivity index (χ4v) is 3.67. The third-order valence-electron chi connectivity index (χ3n) is 3.67. The van der Waals surface area contributed by atoms with Crippen LogP contribution >= 0.6 is 11.3 Å². The molecular weight excluding hydrogens is 318 g/mol. The molecule has 1 aromatic heterocycles. The highest BCUT2D eigenvalue weighted by Crippen LogP contribution is 2.41. The molecule has 5 heteroatoms. The topological polar surface area (TPSA) is 18.5 Å². The van der Waals surface area contributed by atoms with Crippen LogP contribution in [0.1, 0.15) is 26.7 Å². The number of ether oxygens (including phenoxy) is 2. The van der Waals surface area contributed by atoms with Crippen LogP contribution < -0.4 is 9.47 Å². The van der Waals surface area contributed by atoms with Gasteiger partial charge in [0.2, 0.25) is 0 Å². The number of rotatable bonds is 6. The largest absolute Gasteiger partial charge is 0.491 e. The van der Waals surface area contributed by atoms with Crippen LogP contribution in [0.2, 0.25) is 0 Å². The van der Waals surface area contributed by atoms with Crippen molar-refractivity contribution in [3.05, 3.63) is 35.9 Å². The maximum atomic E-state index is 14.6. The van der Waals surface area contributed by atoms with Crippen LogP contribution in [-0.2, 0) is 0 Å². The highest BCUT2D eigenvalue weighted by Gasteiger charge is 2.18. The van der Waals surface area contributed by atoms with Crippen molar-refractivity contribution in [3.8, 4) is 11.5 Å². The molecule has 0 saturated carbocycles. The number of hydrogen-bond donors (Lipinski definition) is 0. The summed E-state index contributed by atoms with van der Waals surface area (Å²) in [4.78, 5) is 0. The molecule has 3 rings (SSSR count). The van der Waals surface area contributed by atoms with E-state index in [0.717, 1.165) is 24.2 Å². The van der Waals surface area contributed by atoms with E-state index < -0.39 is 11.6 Å². The molecule has 0 aliphatic heterocycles. The Hall–Kier alpha value is -1.88. The summed E-state index contributed by atoms with van der Waals surface area (Å²) in [6.45, 7) is 4.71. The number of hydrogen-bond acceptors (Lipinski definition) is 3. The quantitative estimate of drug-likeness (QED) is 0.521. The molecule has 122 valence electrons. The van der Waals surface area contributed by atoms with Crippen LogP contribution in [0.15, 0.2) is 24.3 Å². The number of halogens is 2. The summed E-state index contributed by atoms with van der Waals surface area (Å²) in [7, 11) is 0. The van der Waals surface area contributed by atoms with Crippen molar-refractivity contribution in [2.45, 2.75) is 26.7 Å². The van der Waals surface area contributed by atoms with Gasteiger partial charge in [-0.1, -0.05) is 13.3 Å². The lowest BCUT2D eigenvalue weighted by Crippen LogP contribution is -1.98. The molecule has 0 radical (unpaired) electrons. The van der Waals surface area contributed by atoms with E-state index in [9.17, 15) is 8.78 Å². The zero-order chi connectivity index (χ0) is 16.4. The standard InChI is InChI=1S/C18H18F2O2S/c1-3-5-10-22-14-9-7-12-11-6-8-13(21-4-2)15(19)17(11)23-18(12)16(14)20/h6-9H,3-5,10H2,1-2H3. The van der Waals surface area contributed by atoms with Gasteiger partial charge in [-0.15, -0.1) is 11.3 Å². The van der Waals surface area contributed by atoms with E-state index in [2.05, 4.69) is 0 Å². The molecule has 0 bridgehead atoms. The predicted molar refractivity (Wildman–Crippen MR) is 90.8 cm³/mol. The molecule has 3 aromatic rings. The smallest absolute Gasteiger partial charge is 0.182 e. The molecule has 0 N–H and O–H groups in total. The van der Waals surface area contributed by atoms with Gasteiger partial charge >= 0.3 is 0 Å². The molecule has 0 aliphatic rings. The fourth-order valence-electron chi connectivity index (χ4n) is 2.51. The van der Waals surface area contributed by atoms with Gasteiger partial charge in [0.15, 0.2) is 23.1 Å². The Bertz CT molecular complexity index is 842. The number of fused-ring (bicyclic) bond motifs is 3. The van der Waals surface area contributed by atoms with Gasteiger partial charge in [-0.05, 0) is 37.6 Å². The number of thiophene rings is 1. The number of benzene rings is 2. The maximum absolute atomic E-state index is 14.6. The summed E-state index contributed by atoms with van der Waals surface area (Å²) in [5.41, 5.74) is 0. The van der Waals surface area contributed by atoms with E-state index >= 15 is 0 Å². The molecule has 2 nitrogen and oxygen atoms in total. The van der Waals surface area contributed by atoms with Crippen molar-refractivity contribution in [2.75, 3.05) is 13.2 Å². The van der Waals surface area contributed by atoms with E-state index in [-0.39, 0.29) is 11.5 Å². The van der Waals surface area contributed by atoms with E-state index in [1.165, 1.54) is 0 Å². The van der Waals surface area contributed by atoms with Crippen molar-refractivity contribution in [2.24, 2.45) is 0 Å². The van der Waals surface area contributed by atoms with Crippen molar-refractivity contribution in [3.63, 3.8) is 0 Å². The highest BCUT2D eigenvalue weighted by molar-refractivity contribution is 7.25. The minimum atomic E-state index is -0.432. The normalized spacial score (nSPS) is 11.3. The van der Waals surface area contributed by atoms with Gasteiger partial charge in [0.25, 0.3) is 0 Å². The van der Waals surface area contributed by atoms with Crippen LogP contribution in [0.25, 0.3) is 20.2 Å². The van der Waals surface area contributed by atoms with Crippen molar-refractivity contribution in [1.82, 2.24) is 0 Å². The van der Waals surface area contributed by atoms with Crippen LogP contribution in [-0.4, -0.2) is 13.2 Å². The Morgan fingerprint density at radius 3 is 1.96 bits per heavy atom. The lowest BCUT2D eigenvalue weighted by Gasteiger charge is -2.06. The highest BCUT2D eigenvalue weighted by atomic mass is 32.1. The summed E-state index contributed by atoms with van der Waals surface area (Å²) in [6, 6.07) is 6.78. The van der Waals surface area contributed by atoms with Crippen molar-refractivity contribution in [1.29, 1.82) is 0 Å². The maximum Gasteiger partial charge on any atom is 0.182 e. The van der Waals surface area contributed by atoms with E-state index in [4.69, 9.17) is 9.47 Å². The van der Waals surface area contributed by atoms with Crippen LogP contribution in [0.4, 0.5) is 8.78 Å². The Morgan fingerprint density at radius 2 is 1.43 bits per heavy atom. The molecule has 0 saturated heterocycles. The summed E-state index contributed by atoms with van der Waals surface area (Å²) in [5.74, 6) is -0.426. The average molecular weight is 336 g/mol. The summed E-state index contributed by atoms with van der Waals surface area (Å²) in [6.07, 6.45) is 1.86. The van der Waals surface area contributed by atoms with E-state index in [0.29, 0.717) is 33.4 Å². The predicted octanol–water partition coefficient (Wildman–Crippen LogP) is 5.91. The Kier molecular flexibility index (Phi) is 4.66. The molecule has 0 aliphatic carbocycles. The lowest BCUT2D eigenvalue weighted by molar-refractivity contribution is 0.295. The van der Waals surface area contributed by atoms with Gasteiger partial charge in [-0.3, -0.25) is 0 Å². The first-order valence-corrected chi connectivity index (χ1v) is 8.57.